The van der Waals surface area contributed by atoms with E-state index >= 15 is 0 Å². The molecule has 1 amide bonds. The molecule has 1 heterocycles. The summed E-state index contributed by atoms with van der Waals surface area (Å²) in [4.78, 5) is 17.3. The standard InChI is InChI=1S/C28H38N2O6.ClH/c1-29(17-20-13-19-15-23(32-2)24(33-3)16-22(19)20)10-9-26(31)30-11-7-18-14-25(34-4)28(36-6)27(35-5)21(18)8-12-30;/h14-16,20H,7-13,17H2,1-6H3;1H/t20-;/m1./s1. The van der Waals surface area contributed by atoms with Crippen molar-refractivity contribution in [1.82, 2.24) is 9.80 Å². The number of hydrogen-bond donors (Lipinski definition) is 0. The third kappa shape index (κ3) is 5.85. The molecule has 1 atom stereocenters. The first kappa shape index (κ1) is 28.7. The molecule has 0 bridgehead atoms. The smallest absolute Gasteiger partial charge is 0.223 e. The zero-order valence-corrected chi connectivity index (χ0v) is 23.5. The number of rotatable bonds is 10. The van der Waals surface area contributed by atoms with Crippen LogP contribution in [-0.4, -0.2) is 84.5 Å². The molecule has 8 nitrogen and oxygen atoms in total. The topological polar surface area (TPSA) is 69.7 Å². The van der Waals surface area contributed by atoms with Gasteiger partial charge in [0.25, 0.3) is 0 Å². The molecule has 2 aliphatic rings. The fourth-order valence-electron chi connectivity index (χ4n) is 5.44. The number of ether oxygens (including phenoxy) is 5. The molecule has 0 saturated carbocycles. The number of likely N-dealkylation sites (N-methyl/N-ethyl adjacent to an activating group) is 1. The lowest BCUT2D eigenvalue weighted by Gasteiger charge is -2.34. The van der Waals surface area contributed by atoms with Crippen molar-refractivity contribution in [3.63, 3.8) is 0 Å². The molecular weight excluding hydrogens is 496 g/mol. The van der Waals surface area contributed by atoms with Crippen LogP contribution < -0.4 is 23.7 Å². The molecular formula is C28H39ClN2O6. The highest BCUT2D eigenvalue weighted by molar-refractivity contribution is 5.85. The Bertz CT molecular complexity index is 1110. The van der Waals surface area contributed by atoms with Crippen molar-refractivity contribution in [3.05, 3.63) is 40.5 Å². The Labute approximate surface area is 226 Å². The van der Waals surface area contributed by atoms with E-state index < -0.39 is 0 Å². The van der Waals surface area contributed by atoms with Crippen LogP contribution in [0.25, 0.3) is 0 Å². The van der Waals surface area contributed by atoms with E-state index in [1.807, 2.05) is 11.0 Å². The lowest BCUT2D eigenvalue weighted by atomic mass is 9.77. The van der Waals surface area contributed by atoms with E-state index in [2.05, 4.69) is 24.1 Å². The lowest BCUT2D eigenvalue weighted by molar-refractivity contribution is -0.131. The summed E-state index contributed by atoms with van der Waals surface area (Å²) < 4.78 is 27.6. The van der Waals surface area contributed by atoms with Crippen LogP contribution in [-0.2, 0) is 24.1 Å². The van der Waals surface area contributed by atoms with Gasteiger partial charge in [-0.1, -0.05) is 0 Å². The molecule has 0 N–H and O–H groups in total. The van der Waals surface area contributed by atoms with Crippen LogP contribution >= 0.6 is 12.4 Å². The van der Waals surface area contributed by atoms with Crippen molar-refractivity contribution in [2.75, 3.05) is 68.8 Å². The van der Waals surface area contributed by atoms with Gasteiger partial charge in [0.05, 0.1) is 35.5 Å². The highest BCUT2D eigenvalue weighted by Gasteiger charge is 2.30. The number of hydrogen-bond acceptors (Lipinski definition) is 7. The fourth-order valence-corrected chi connectivity index (χ4v) is 5.44. The fraction of sp³-hybridized carbons (Fsp3) is 0.536. The maximum absolute atomic E-state index is 13.1. The third-order valence-corrected chi connectivity index (χ3v) is 7.45. The first-order valence-electron chi connectivity index (χ1n) is 12.5. The summed E-state index contributed by atoms with van der Waals surface area (Å²) in [5, 5.41) is 0. The summed E-state index contributed by atoms with van der Waals surface area (Å²) in [6, 6.07) is 6.18. The normalized spacial score (nSPS) is 16.0. The van der Waals surface area contributed by atoms with E-state index in [9.17, 15) is 4.79 Å². The van der Waals surface area contributed by atoms with Gasteiger partial charge in [0.1, 0.15) is 0 Å². The molecule has 9 heteroatoms. The van der Waals surface area contributed by atoms with Gasteiger partial charge in [0.15, 0.2) is 23.0 Å². The lowest BCUT2D eigenvalue weighted by Crippen LogP contribution is -2.37. The van der Waals surface area contributed by atoms with Gasteiger partial charge in [-0.3, -0.25) is 4.79 Å². The molecule has 4 rings (SSSR count). The predicted octanol–water partition coefficient (Wildman–Crippen LogP) is 3.74. The summed E-state index contributed by atoms with van der Waals surface area (Å²) in [6.07, 6.45) is 3.01. The molecule has 2 aromatic carbocycles. The van der Waals surface area contributed by atoms with E-state index in [-0.39, 0.29) is 18.3 Å². The number of fused-ring (bicyclic) bond motifs is 2. The second-order valence-electron chi connectivity index (χ2n) is 9.48. The van der Waals surface area contributed by atoms with Crippen LogP contribution in [0, 0.1) is 0 Å². The van der Waals surface area contributed by atoms with Gasteiger partial charge < -0.3 is 33.5 Å². The maximum atomic E-state index is 13.1. The van der Waals surface area contributed by atoms with Crippen molar-refractivity contribution in [1.29, 1.82) is 0 Å². The van der Waals surface area contributed by atoms with E-state index in [0.717, 1.165) is 55.0 Å². The minimum atomic E-state index is 0. The Morgan fingerprint density at radius 3 is 2.14 bits per heavy atom. The van der Waals surface area contributed by atoms with Crippen molar-refractivity contribution in [2.45, 2.75) is 31.6 Å². The second-order valence-corrected chi connectivity index (χ2v) is 9.48. The average Bonchev–Trinajstić information content (AvgIpc) is 3.11. The van der Waals surface area contributed by atoms with Crippen molar-refractivity contribution < 1.29 is 28.5 Å². The maximum Gasteiger partial charge on any atom is 0.223 e. The molecule has 204 valence electrons. The number of halogens is 1. The van der Waals surface area contributed by atoms with Gasteiger partial charge in [-0.05, 0) is 61.2 Å². The van der Waals surface area contributed by atoms with E-state index in [1.165, 1.54) is 11.1 Å². The van der Waals surface area contributed by atoms with E-state index in [0.29, 0.717) is 42.7 Å². The molecule has 0 aromatic heterocycles. The molecule has 0 spiro atoms. The third-order valence-electron chi connectivity index (χ3n) is 7.45. The summed E-state index contributed by atoms with van der Waals surface area (Å²) in [5.41, 5.74) is 4.87. The Morgan fingerprint density at radius 1 is 0.865 bits per heavy atom. The van der Waals surface area contributed by atoms with Crippen LogP contribution in [0.4, 0.5) is 0 Å². The van der Waals surface area contributed by atoms with Gasteiger partial charge in [0, 0.05) is 44.1 Å². The highest BCUT2D eigenvalue weighted by atomic mass is 35.5. The predicted molar refractivity (Wildman–Crippen MR) is 145 cm³/mol. The highest BCUT2D eigenvalue weighted by Crippen LogP contribution is 2.44. The van der Waals surface area contributed by atoms with Crippen LogP contribution in [0.1, 0.15) is 34.6 Å². The Morgan fingerprint density at radius 2 is 1.49 bits per heavy atom. The Kier molecular flexibility index (Phi) is 9.79. The van der Waals surface area contributed by atoms with Crippen LogP contribution in [0.2, 0.25) is 0 Å². The molecule has 2 aromatic rings. The Balaban J connectivity index is 0.00000380. The number of methoxy groups -OCH3 is 5. The number of benzene rings is 2. The Hall–Kier alpha value is -2.84. The monoisotopic (exact) mass is 534 g/mol. The van der Waals surface area contributed by atoms with Gasteiger partial charge in [0.2, 0.25) is 11.7 Å². The molecule has 0 unspecified atom stereocenters. The van der Waals surface area contributed by atoms with Crippen molar-refractivity contribution >= 4 is 18.3 Å². The minimum Gasteiger partial charge on any atom is -0.493 e. The molecule has 1 aliphatic heterocycles. The van der Waals surface area contributed by atoms with E-state index in [1.54, 1.807) is 35.5 Å². The summed E-state index contributed by atoms with van der Waals surface area (Å²) in [6.45, 7) is 3.00. The first-order chi connectivity index (χ1) is 17.4. The largest absolute Gasteiger partial charge is 0.493 e. The zero-order valence-electron chi connectivity index (χ0n) is 22.7. The molecule has 37 heavy (non-hydrogen) atoms. The molecule has 0 radical (unpaired) electrons. The van der Waals surface area contributed by atoms with Gasteiger partial charge in [-0.15, -0.1) is 12.4 Å². The van der Waals surface area contributed by atoms with Crippen LogP contribution in [0.15, 0.2) is 18.2 Å². The van der Waals surface area contributed by atoms with E-state index in [4.69, 9.17) is 23.7 Å². The van der Waals surface area contributed by atoms with Gasteiger partial charge >= 0.3 is 0 Å². The molecule has 0 saturated heterocycles. The summed E-state index contributed by atoms with van der Waals surface area (Å²) in [5.74, 6) is 4.15. The molecule has 0 fully saturated rings. The summed E-state index contributed by atoms with van der Waals surface area (Å²) in [7, 11) is 10.3. The summed E-state index contributed by atoms with van der Waals surface area (Å²) >= 11 is 0. The second kappa shape index (κ2) is 12.6. The number of amides is 1. The van der Waals surface area contributed by atoms with Crippen molar-refractivity contribution in [3.8, 4) is 28.7 Å². The first-order valence-corrected chi connectivity index (χ1v) is 12.5. The zero-order chi connectivity index (χ0) is 25.8. The minimum absolute atomic E-state index is 0. The SMILES string of the molecule is COc1cc2c(cc1OC)[C@@H](CN(C)CCC(=O)N1CCc3cc(OC)c(OC)c(OC)c3CC1)C2.Cl. The quantitative estimate of drug-likeness (QED) is 0.460. The number of carbonyl (C=O) groups excluding carboxylic acids is 1. The van der Waals surface area contributed by atoms with Gasteiger partial charge in [-0.25, -0.2) is 0 Å². The van der Waals surface area contributed by atoms with Gasteiger partial charge in [-0.2, -0.15) is 0 Å². The van der Waals surface area contributed by atoms with Crippen LogP contribution in [0.5, 0.6) is 28.7 Å². The molecule has 1 aliphatic carbocycles. The van der Waals surface area contributed by atoms with Crippen LogP contribution in [0.3, 0.4) is 0 Å². The number of carbonyl (C=O) groups is 1. The average molecular weight is 535 g/mol. The number of nitrogens with zero attached hydrogens (tertiary/aromatic N) is 2. The van der Waals surface area contributed by atoms with Crippen molar-refractivity contribution in [2.24, 2.45) is 0 Å².